The molecule has 0 aliphatic carbocycles. The molecule has 0 bridgehead atoms. The van der Waals surface area contributed by atoms with E-state index >= 15 is 4.39 Å². The number of aromatic amines is 1. The predicted octanol–water partition coefficient (Wildman–Crippen LogP) is 4.61. The van der Waals surface area contributed by atoms with Gasteiger partial charge in [0.25, 0.3) is 11.5 Å². The van der Waals surface area contributed by atoms with E-state index in [0.29, 0.717) is 29.1 Å². The maximum absolute atomic E-state index is 15.1. The highest BCUT2D eigenvalue weighted by molar-refractivity contribution is 6.04. The van der Waals surface area contributed by atoms with Crippen molar-refractivity contribution in [1.82, 2.24) is 24.3 Å². The third-order valence-electron chi connectivity index (χ3n) is 6.18. The van der Waals surface area contributed by atoms with E-state index in [1.54, 1.807) is 19.9 Å². The van der Waals surface area contributed by atoms with Gasteiger partial charge in [-0.05, 0) is 57.2 Å². The average molecular weight is 562 g/mol. The molecule has 41 heavy (non-hydrogen) atoms. The monoisotopic (exact) mass is 561 g/mol. The molecule has 210 valence electrons. The SMILES string of the molecule is CCNc1n[nH]c2nccc(Oc3ccc(NC(=O)c4cn(C(C)C)c(=O)n(-c5ccc(F)cc5)c4=O)cc3F)c12. The highest BCUT2D eigenvalue weighted by Crippen LogP contribution is 2.34. The van der Waals surface area contributed by atoms with Crippen molar-refractivity contribution in [2.24, 2.45) is 0 Å². The van der Waals surface area contributed by atoms with Crippen LogP contribution >= 0.6 is 0 Å². The summed E-state index contributed by atoms with van der Waals surface area (Å²) in [5, 5.41) is 13.1. The number of benzene rings is 2. The zero-order valence-corrected chi connectivity index (χ0v) is 22.2. The first-order chi connectivity index (χ1) is 19.7. The molecule has 0 aliphatic rings. The van der Waals surface area contributed by atoms with Crippen LogP contribution in [-0.4, -0.2) is 36.8 Å². The minimum absolute atomic E-state index is 0.0476. The summed E-state index contributed by atoms with van der Waals surface area (Å²) in [6.07, 6.45) is 2.65. The molecule has 0 atom stereocenters. The zero-order chi connectivity index (χ0) is 29.3. The number of nitrogens with zero attached hydrogens (tertiary/aromatic N) is 4. The lowest BCUT2D eigenvalue weighted by molar-refractivity contribution is 0.102. The molecule has 0 unspecified atom stereocenters. The number of H-pyrrole nitrogens is 1. The fourth-order valence-electron chi connectivity index (χ4n) is 4.20. The number of carbonyl (C=O) groups excluding carboxylic acids is 1. The minimum Gasteiger partial charge on any atom is -0.453 e. The highest BCUT2D eigenvalue weighted by atomic mass is 19.1. The van der Waals surface area contributed by atoms with E-state index in [1.807, 2.05) is 6.92 Å². The number of fused-ring (bicyclic) bond motifs is 1. The summed E-state index contributed by atoms with van der Waals surface area (Å²) in [5.41, 5.74) is -1.37. The minimum atomic E-state index is -0.908. The lowest BCUT2D eigenvalue weighted by Gasteiger charge is -2.16. The Morgan fingerprint density at radius 2 is 1.83 bits per heavy atom. The Morgan fingerprint density at radius 3 is 2.51 bits per heavy atom. The van der Waals surface area contributed by atoms with Gasteiger partial charge in [-0.1, -0.05) is 0 Å². The van der Waals surface area contributed by atoms with Gasteiger partial charge in [0.15, 0.2) is 23.0 Å². The van der Waals surface area contributed by atoms with E-state index in [2.05, 4.69) is 25.8 Å². The second-order valence-corrected chi connectivity index (χ2v) is 9.28. The Kier molecular flexibility index (Phi) is 7.34. The Labute approximate surface area is 231 Å². The number of aromatic nitrogens is 5. The molecule has 11 nitrogen and oxygen atoms in total. The van der Waals surface area contributed by atoms with Gasteiger partial charge in [-0.15, -0.1) is 0 Å². The van der Waals surface area contributed by atoms with E-state index in [0.717, 1.165) is 29.0 Å². The zero-order valence-electron chi connectivity index (χ0n) is 22.2. The number of pyridine rings is 1. The van der Waals surface area contributed by atoms with Gasteiger partial charge in [0.2, 0.25) is 0 Å². The van der Waals surface area contributed by atoms with Gasteiger partial charge >= 0.3 is 5.69 Å². The Hall–Kier alpha value is -5.33. The molecule has 13 heteroatoms. The van der Waals surface area contributed by atoms with E-state index in [-0.39, 0.29) is 22.7 Å². The van der Waals surface area contributed by atoms with Gasteiger partial charge in [0.1, 0.15) is 22.5 Å². The summed E-state index contributed by atoms with van der Waals surface area (Å²) in [7, 11) is 0. The first-order valence-electron chi connectivity index (χ1n) is 12.7. The fraction of sp³-hybridized carbons (Fsp3) is 0.179. The molecule has 3 aromatic heterocycles. The Morgan fingerprint density at radius 1 is 1.07 bits per heavy atom. The van der Waals surface area contributed by atoms with Crippen LogP contribution in [0.25, 0.3) is 16.7 Å². The fourth-order valence-corrected chi connectivity index (χ4v) is 4.20. The molecule has 0 saturated carbocycles. The van der Waals surface area contributed by atoms with Crippen molar-refractivity contribution in [3.05, 3.63) is 99.0 Å². The molecule has 5 aromatic rings. The number of amides is 1. The number of carbonyl (C=O) groups is 1. The third-order valence-corrected chi connectivity index (χ3v) is 6.18. The Balaban J connectivity index is 1.45. The van der Waals surface area contributed by atoms with Crippen LogP contribution < -0.4 is 26.6 Å². The summed E-state index contributed by atoms with van der Waals surface area (Å²) in [4.78, 5) is 43.7. The first kappa shape index (κ1) is 27.2. The number of ether oxygens (including phenoxy) is 1. The van der Waals surface area contributed by atoms with E-state index in [1.165, 1.54) is 35.0 Å². The van der Waals surface area contributed by atoms with Crippen LogP contribution in [0.4, 0.5) is 20.3 Å². The van der Waals surface area contributed by atoms with Crippen LogP contribution in [0.15, 0.2) is 70.5 Å². The molecule has 3 heterocycles. The standard InChI is InChI=1S/C28H25F2N7O4/c1-4-31-24-23-22(11-12-32-25(23)35-34-24)41-21-10-7-17(13-20(21)30)33-26(38)19-14-36(15(2)3)28(40)37(27(19)39)18-8-5-16(29)6-9-18/h5-15H,4H2,1-3H3,(H,33,38)(H2,31,32,34,35). The van der Waals surface area contributed by atoms with Crippen molar-refractivity contribution < 1.29 is 18.3 Å². The van der Waals surface area contributed by atoms with Gasteiger partial charge in [0.05, 0.1) is 5.69 Å². The maximum atomic E-state index is 15.1. The second kappa shape index (κ2) is 11.0. The van der Waals surface area contributed by atoms with Gasteiger partial charge in [-0.25, -0.2) is 23.1 Å². The number of rotatable bonds is 8. The lowest BCUT2D eigenvalue weighted by atomic mass is 10.2. The summed E-state index contributed by atoms with van der Waals surface area (Å²) < 4.78 is 36.4. The van der Waals surface area contributed by atoms with Gasteiger partial charge in [-0.3, -0.25) is 19.3 Å². The number of anilines is 2. The molecule has 2 aromatic carbocycles. The average Bonchev–Trinajstić information content (AvgIpc) is 3.35. The lowest BCUT2D eigenvalue weighted by Crippen LogP contribution is -2.42. The summed E-state index contributed by atoms with van der Waals surface area (Å²) >= 11 is 0. The van der Waals surface area contributed by atoms with Crippen LogP contribution in [0, 0.1) is 11.6 Å². The molecule has 5 rings (SSSR count). The molecule has 0 spiro atoms. The van der Waals surface area contributed by atoms with Gasteiger partial charge < -0.3 is 15.4 Å². The molecule has 0 saturated heterocycles. The largest absolute Gasteiger partial charge is 0.453 e. The van der Waals surface area contributed by atoms with Gasteiger partial charge in [-0.2, -0.15) is 5.10 Å². The summed E-state index contributed by atoms with van der Waals surface area (Å²) in [6.45, 7) is 5.91. The van der Waals surface area contributed by atoms with Crippen LogP contribution in [0.1, 0.15) is 37.2 Å². The molecule has 1 amide bonds. The third kappa shape index (κ3) is 5.29. The molecular weight excluding hydrogens is 536 g/mol. The highest BCUT2D eigenvalue weighted by Gasteiger charge is 2.21. The van der Waals surface area contributed by atoms with Crippen molar-refractivity contribution in [3.8, 4) is 17.2 Å². The van der Waals surface area contributed by atoms with E-state index in [4.69, 9.17) is 4.74 Å². The normalized spacial score (nSPS) is 11.2. The van der Waals surface area contributed by atoms with Crippen molar-refractivity contribution in [2.75, 3.05) is 17.2 Å². The first-order valence-corrected chi connectivity index (χ1v) is 12.7. The molecule has 0 radical (unpaired) electrons. The topological polar surface area (TPSA) is 136 Å². The number of nitrogens with one attached hydrogen (secondary N) is 3. The van der Waals surface area contributed by atoms with Crippen molar-refractivity contribution in [2.45, 2.75) is 26.8 Å². The summed E-state index contributed by atoms with van der Waals surface area (Å²) in [6, 6.07) is 9.68. The van der Waals surface area contributed by atoms with Crippen LogP contribution in [0.3, 0.4) is 0 Å². The Bertz CT molecular complexity index is 1880. The predicted molar refractivity (Wildman–Crippen MR) is 149 cm³/mol. The molecule has 0 aliphatic heterocycles. The second-order valence-electron chi connectivity index (χ2n) is 9.28. The molecule has 0 fully saturated rings. The smallest absolute Gasteiger partial charge is 0.335 e. The molecule has 3 N–H and O–H groups in total. The molecular formula is C28H25F2N7O4. The van der Waals surface area contributed by atoms with Crippen molar-refractivity contribution in [3.63, 3.8) is 0 Å². The number of halogens is 2. The number of hydrogen-bond acceptors (Lipinski definition) is 7. The quantitative estimate of drug-likeness (QED) is 0.252. The van der Waals surface area contributed by atoms with E-state index < -0.39 is 34.8 Å². The number of hydrogen-bond donors (Lipinski definition) is 3. The maximum Gasteiger partial charge on any atom is 0.335 e. The van der Waals surface area contributed by atoms with Crippen LogP contribution in [0.2, 0.25) is 0 Å². The summed E-state index contributed by atoms with van der Waals surface area (Å²) in [5.74, 6) is -1.50. The van der Waals surface area contributed by atoms with Crippen LogP contribution in [0.5, 0.6) is 11.5 Å². The van der Waals surface area contributed by atoms with Crippen LogP contribution in [-0.2, 0) is 0 Å². The van der Waals surface area contributed by atoms with Crippen molar-refractivity contribution in [1.29, 1.82) is 0 Å². The van der Waals surface area contributed by atoms with E-state index in [9.17, 15) is 18.8 Å². The van der Waals surface area contributed by atoms with Crippen molar-refractivity contribution >= 4 is 28.4 Å². The van der Waals surface area contributed by atoms with Gasteiger partial charge in [0, 0.05) is 42.8 Å².